The Hall–Kier alpha value is -2.92. The Bertz CT molecular complexity index is 917. The van der Waals surface area contributed by atoms with E-state index in [2.05, 4.69) is 10.3 Å². The van der Waals surface area contributed by atoms with Crippen LogP contribution < -0.4 is 10.1 Å². The maximum Gasteiger partial charge on any atom is 0.232 e. The Morgan fingerprint density at radius 2 is 2.00 bits per heavy atom. The van der Waals surface area contributed by atoms with Crippen molar-refractivity contribution >= 4 is 23.2 Å². The monoisotopic (exact) mass is 384 g/mol. The SMILES string of the molecule is COc1ccc(Cl)cc1NC(=O)C(Cc1cccnc1)c1ccc(F)cc1. The van der Waals surface area contributed by atoms with Gasteiger partial charge in [0.05, 0.1) is 18.7 Å². The molecule has 2 aromatic carbocycles. The first kappa shape index (κ1) is 18.9. The Balaban J connectivity index is 1.91. The van der Waals surface area contributed by atoms with Crippen LogP contribution in [-0.4, -0.2) is 18.0 Å². The van der Waals surface area contributed by atoms with Gasteiger partial charge in [-0.3, -0.25) is 9.78 Å². The molecular weight excluding hydrogens is 367 g/mol. The Labute approximate surface area is 162 Å². The standard InChI is InChI=1S/C21H18ClFN2O2/c1-27-20-9-6-16(22)12-19(20)25-21(26)18(11-14-3-2-10-24-13-14)15-4-7-17(23)8-5-15/h2-10,12-13,18H,11H2,1H3,(H,25,26). The van der Waals surface area contributed by atoms with E-state index in [1.165, 1.54) is 19.2 Å². The first-order chi connectivity index (χ1) is 13.1. The van der Waals surface area contributed by atoms with Crippen LogP contribution in [0.5, 0.6) is 5.75 Å². The van der Waals surface area contributed by atoms with Crippen LogP contribution in [0.1, 0.15) is 17.0 Å². The summed E-state index contributed by atoms with van der Waals surface area (Å²) in [6.07, 6.45) is 3.81. The van der Waals surface area contributed by atoms with E-state index in [1.54, 1.807) is 42.7 Å². The van der Waals surface area contributed by atoms with Crippen molar-refractivity contribution in [3.8, 4) is 5.75 Å². The molecule has 3 aromatic rings. The van der Waals surface area contributed by atoms with Gasteiger partial charge in [-0.15, -0.1) is 0 Å². The fraction of sp³-hybridized carbons (Fsp3) is 0.143. The third-order valence-corrected chi connectivity index (χ3v) is 4.41. The number of anilines is 1. The molecule has 0 saturated heterocycles. The average Bonchev–Trinajstić information content (AvgIpc) is 2.68. The molecule has 1 heterocycles. The highest BCUT2D eigenvalue weighted by atomic mass is 35.5. The van der Waals surface area contributed by atoms with Crippen molar-refractivity contribution < 1.29 is 13.9 Å². The van der Waals surface area contributed by atoms with E-state index < -0.39 is 5.92 Å². The first-order valence-electron chi connectivity index (χ1n) is 8.35. The van der Waals surface area contributed by atoms with Gasteiger partial charge < -0.3 is 10.1 Å². The van der Waals surface area contributed by atoms with Crippen molar-refractivity contribution in [3.05, 3.63) is 89.0 Å². The van der Waals surface area contributed by atoms with Crippen molar-refractivity contribution in [2.24, 2.45) is 0 Å². The van der Waals surface area contributed by atoms with Crippen LogP contribution in [0.2, 0.25) is 5.02 Å². The molecule has 0 saturated carbocycles. The first-order valence-corrected chi connectivity index (χ1v) is 8.73. The van der Waals surface area contributed by atoms with Crippen LogP contribution in [-0.2, 0) is 11.2 Å². The molecule has 1 atom stereocenters. The van der Waals surface area contributed by atoms with Crippen LogP contribution in [0.25, 0.3) is 0 Å². The summed E-state index contributed by atoms with van der Waals surface area (Å²) in [4.78, 5) is 17.2. The largest absolute Gasteiger partial charge is 0.495 e. The lowest BCUT2D eigenvalue weighted by Gasteiger charge is -2.19. The van der Waals surface area contributed by atoms with Crippen LogP contribution in [0, 0.1) is 5.82 Å². The highest BCUT2D eigenvalue weighted by Crippen LogP contribution is 2.30. The number of rotatable bonds is 6. The topological polar surface area (TPSA) is 51.2 Å². The van der Waals surface area contributed by atoms with Crippen LogP contribution in [0.3, 0.4) is 0 Å². The number of benzene rings is 2. The smallest absolute Gasteiger partial charge is 0.232 e. The number of hydrogen-bond donors (Lipinski definition) is 1. The van der Waals surface area contributed by atoms with Gasteiger partial charge in [-0.1, -0.05) is 29.8 Å². The summed E-state index contributed by atoms with van der Waals surface area (Å²) in [5.74, 6) is -0.618. The normalized spacial score (nSPS) is 11.7. The van der Waals surface area contributed by atoms with Gasteiger partial charge in [0.2, 0.25) is 5.91 Å². The fourth-order valence-electron chi connectivity index (χ4n) is 2.81. The lowest BCUT2D eigenvalue weighted by Crippen LogP contribution is -2.23. The van der Waals surface area contributed by atoms with Gasteiger partial charge >= 0.3 is 0 Å². The highest BCUT2D eigenvalue weighted by Gasteiger charge is 2.23. The van der Waals surface area contributed by atoms with Gasteiger partial charge in [0.1, 0.15) is 11.6 Å². The third kappa shape index (κ3) is 4.83. The molecule has 138 valence electrons. The number of methoxy groups -OCH3 is 1. The van der Waals surface area contributed by atoms with Crippen molar-refractivity contribution in [3.63, 3.8) is 0 Å². The Morgan fingerprint density at radius 1 is 1.22 bits per heavy atom. The number of amides is 1. The lowest BCUT2D eigenvalue weighted by molar-refractivity contribution is -0.117. The predicted octanol–water partition coefficient (Wildman–Crippen LogP) is 4.85. The molecule has 0 spiro atoms. The quantitative estimate of drug-likeness (QED) is 0.661. The Kier molecular flexibility index (Phi) is 6.04. The fourth-order valence-corrected chi connectivity index (χ4v) is 2.98. The van der Waals surface area contributed by atoms with Gasteiger partial charge in [0.25, 0.3) is 0 Å². The number of nitrogens with zero attached hydrogens (tertiary/aromatic N) is 1. The number of aromatic nitrogens is 1. The number of carbonyl (C=O) groups excluding carboxylic acids is 1. The molecule has 27 heavy (non-hydrogen) atoms. The number of halogens is 2. The summed E-state index contributed by atoms with van der Waals surface area (Å²) in [5, 5.41) is 3.36. The third-order valence-electron chi connectivity index (χ3n) is 4.17. The van der Waals surface area contributed by atoms with Crippen LogP contribution >= 0.6 is 11.6 Å². The molecule has 0 aliphatic carbocycles. The predicted molar refractivity (Wildman–Crippen MR) is 104 cm³/mol. The summed E-state index contributed by atoms with van der Waals surface area (Å²) in [7, 11) is 1.52. The molecule has 0 fully saturated rings. The lowest BCUT2D eigenvalue weighted by atomic mass is 9.91. The summed E-state index contributed by atoms with van der Waals surface area (Å²) >= 11 is 6.04. The second-order valence-corrected chi connectivity index (χ2v) is 6.44. The summed E-state index contributed by atoms with van der Waals surface area (Å²) in [6, 6.07) is 14.6. The zero-order valence-electron chi connectivity index (χ0n) is 14.7. The maximum absolute atomic E-state index is 13.3. The van der Waals surface area contributed by atoms with Crippen LogP contribution in [0.15, 0.2) is 67.0 Å². The zero-order chi connectivity index (χ0) is 19.2. The minimum atomic E-state index is -0.529. The van der Waals surface area contributed by atoms with Crippen molar-refractivity contribution in [2.45, 2.75) is 12.3 Å². The summed E-state index contributed by atoms with van der Waals surface area (Å²) < 4.78 is 18.6. The molecule has 3 rings (SSSR count). The summed E-state index contributed by atoms with van der Waals surface area (Å²) in [5.41, 5.74) is 2.09. The van der Waals surface area contributed by atoms with E-state index in [9.17, 15) is 9.18 Å². The number of nitrogens with one attached hydrogen (secondary N) is 1. The van der Waals surface area contributed by atoms with E-state index >= 15 is 0 Å². The van der Waals surface area contributed by atoms with E-state index in [4.69, 9.17) is 16.3 Å². The Morgan fingerprint density at radius 3 is 2.67 bits per heavy atom. The molecule has 0 aliphatic heterocycles. The van der Waals surface area contributed by atoms with Gasteiger partial charge in [0, 0.05) is 17.4 Å². The second-order valence-electron chi connectivity index (χ2n) is 6.00. The van der Waals surface area contributed by atoms with Crippen molar-refractivity contribution in [1.82, 2.24) is 4.98 Å². The minimum Gasteiger partial charge on any atom is -0.495 e. The van der Waals surface area contributed by atoms with Gasteiger partial charge in [-0.25, -0.2) is 4.39 Å². The molecule has 0 bridgehead atoms. The molecule has 1 aromatic heterocycles. The number of carbonyl (C=O) groups is 1. The number of ether oxygens (including phenoxy) is 1. The molecule has 0 aliphatic rings. The minimum absolute atomic E-state index is 0.244. The van der Waals surface area contributed by atoms with Crippen LogP contribution in [0.4, 0.5) is 10.1 Å². The van der Waals surface area contributed by atoms with Crippen molar-refractivity contribution in [1.29, 1.82) is 0 Å². The van der Waals surface area contributed by atoms with Gasteiger partial charge in [-0.2, -0.15) is 0 Å². The molecular formula is C21H18ClFN2O2. The van der Waals surface area contributed by atoms with E-state index in [0.717, 1.165) is 5.56 Å². The number of pyridine rings is 1. The number of hydrogen-bond acceptors (Lipinski definition) is 3. The van der Waals surface area contributed by atoms with Gasteiger partial charge in [0.15, 0.2) is 0 Å². The molecule has 0 radical (unpaired) electrons. The molecule has 1 amide bonds. The molecule has 4 nitrogen and oxygen atoms in total. The van der Waals surface area contributed by atoms with E-state index in [-0.39, 0.29) is 11.7 Å². The molecule has 1 N–H and O–H groups in total. The highest BCUT2D eigenvalue weighted by molar-refractivity contribution is 6.31. The van der Waals surface area contributed by atoms with E-state index in [1.807, 2.05) is 12.1 Å². The zero-order valence-corrected chi connectivity index (χ0v) is 15.4. The summed E-state index contributed by atoms with van der Waals surface area (Å²) in [6.45, 7) is 0. The maximum atomic E-state index is 13.3. The molecule has 1 unspecified atom stereocenters. The van der Waals surface area contributed by atoms with E-state index in [0.29, 0.717) is 28.4 Å². The van der Waals surface area contributed by atoms with Crippen molar-refractivity contribution in [2.75, 3.05) is 12.4 Å². The second kappa shape index (κ2) is 8.64. The molecule has 6 heteroatoms. The van der Waals surface area contributed by atoms with Gasteiger partial charge in [-0.05, 0) is 53.9 Å². The average molecular weight is 385 g/mol.